The van der Waals surface area contributed by atoms with E-state index >= 15 is 0 Å². The van der Waals surface area contributed by atoms with E-state index in [1.807, 2.05) is 12.4 Å². The molecule has 1 heterocycles. The number of hydrogen-bond acceptors (Lipinski definition) is 5. The second-order valence-corrected chi connectivity index (χ2v) is 5.49. The third-order valence-electron chi connectivity index (χ3n) is 3.29. The molecular weight excluding hydrogens is 250 g/mol. The third-order valence-corrected chi connectivity index (χ3v) is 3.29. The number of nitrogens with zero attached hydrogens (tertiary/aromatic N) is 4. The predicted octanol–water partition coefficient (Wildman–Crippen LogP) is 2.07. The molecule has 5 heteroatoms. The molecule has 1 rings (SSSR count). The lowest BCUT2D eigenvalue weighted by Gasteiger charge is -2.29. The molecule has 1 aromatic heterocycles. The van der Waals surface area contributed by atoms with Gasteiger partial charge in [-0.1, -0.05) is 13.8 Å². The molecule has 0 bridgehead atoms. The standard InChI is InChI=1S/C15H29N5/c1-6-8-16-15-10-17-14(9-18-15)12-20(7-2)13(3)11-19(4)5/h9-10,13H,6-8,11-12H2,1-5H3,(H,16,18). The highest BCUT2D eigenvalue weighted by atomic mass is 15.2. The zero-order valence-electron chi connectivity index (χ0n) is 13.6. The molecule has 0 radical (unpaired) electrons. The van der Waals surface area contributed by atoms with Crippen LogP contribution < -0.4 is 5.32 Å². The summed E-state index contributed by atoms with van der Waals surface area (Å²) < 4.78 is 0. The summed E-state index contributed by atoms with van der Waals surface area (Å²) in [5.74, 6) is 0.861. The van der Waals surface area contributed by atoms with Crippen LogP contribution in [0.4, 0.5) is 5.82 Å². The summed E-state index contributed by atoms with van der Waals surface area (Å²) >= 11 is 0. The average molecular weight is 279 g/mol. The van der Waals surface area contributed by atoms with E-state index in [4.69, 9.17) is 0 Å². The van der Waals surface area contributed by atoms with Crippen LogP contribution in [0.5, 0.6) is 0 Å². The molecule has 0 saturated carbocycles. The van der Waals surface area contributed by atoms with Gasteiger partial charge in [0.15, 0.2) is 0 Å². The minimum Gasteiger partial charge on any atom is -0.369 e. The molecular formula is C15H29N5. The Balaban J connectivity index is 2.56. The average Bonchev–Trinajstić information content (AvgIpc) is 2.42. The molecule has 0 fully saturated rings. The molecule has 0 aliphatic heterocycles. The topological polar surface area (TPSA) is 44.3 Å². The number of hydrogen-bond donors (Lipinski definition) is 1. The van der Waals surface area contributed by atoms with Gasteiger partial charge in [-0.2, -0.15) is 0 Å². The van der Waals surface area contributed by atoms with Crippen LogP contribution in [0.3, 0.4) is 0 Å². The normalized spacial score (nSPS) is 12.9. The fourth-order valence-corrected chi connectivity index (χ4v) is 2.21. The van der Waals surface area contributed by atoms with E-state index in [2.05, 4.69) is 60.0 Å². The van der Waals surface area contributed by atoms with E-state index in [0.717, 1.165) is 44.1 Å². The largest absolute Gasteiger partial charge is 0.369 e. The summed E-state index contributed by atoms with van der Waals surface area (Å²) in [5, 5.41) is 3.24. The third kappa shape index (κ3) is 5.84. The monoisotopic (exact) mass is 279 g/mol. The van der Waals surface area contributed by atoms with Gasteiger partial charge in [0, 0.05) is 25.7 Å². The summed E-state index contributed by atoms with van der Waals surface area (Å²) in [5.41, 5.74) is 1.03. The highest BCUT2D eigenvalue weighted by Gasteiger charge is 2.14. The predicted molar refractivity (Wildman–Crippen MR) is 84.9 cm³/mol. The molecule has 0 aliphatic rings. The molecule has 0 spiro atoms. The van der Waals surface area contributed by atoms with Crippen molar-refractivity contribution in [2.24, 2.45) is 0 Å². The molecule has 1 N–H and O–H groups in total. The van der Waals surface area contributed by atoms with Crippen molar-refractivity contribution < 1.29 is 0 Å². The van der Waals surface area contributed by atoms with Crippen LogP contribution in [0.1, 0.15) is 32.9 Å². The Morgan fingerprint density at radius 1 is 1.20 bits per heavy atom. The zero-order valence-corrected chi connectivity index (χ0v) is 13.6. The van der Waals surface area contributed by atoms with Crippen molar-refractivity contribution in [1.82, 2.24) is 19.8 Å². The van der Waals surface area contributed by atoms with Crippen LogP contribution in [0.25, 0.3) is 0 Å². The molecule has 0 aliphatic carbocycles. The Morgan fingerprint density at radius 3 is 2.45 bits per heavy atom. The van der Waals surface area contributed by atoms with Crippen LogP contribution in [-0.4, -0.2) is 59.5 Å². The molecule has 1 unspecified atom stereocenters. The first-order chi connectivity index (χ1) is 9.56. The molecule has 114 valence electrons. The van der Waals surface area contributed by atoms with Crippen LogP contribution >= 0.6 is 0 Å². The number of anilines is 1. The summed E-state index contributed by atoms with van der Waals surface area (Å²) in [6.45, 7) is 10.5. The lowest BCUT2D eigenvalue weighted by molar-refractivity contribution is 0.172. The molecule has 1 aromatic rings. The van der Waals surface area contributed by atoms with E-state index in [9.17, 15) is 0 Å². The molecule has 0 saturated heterocycles. The maximum atomic E-state index is 4.50. The molecule has 1 atom stereocenters. The van der Waals surface area contributed by atoms with Crippen molar-refractivity contribution in [3.63, 3.8) is 0 Å². The Hall–Kier alpha value is -1.20. The van der Waals surface area contributed by atoms with Gasteiger partial charge in [0.2, 0.25) is 0 Å². The molecule has 0 amide bonds. The van der Waals surface area contributed by atoms with E-state index in [1.165, 1.54) is 0 Å². The van der Waals surface area contributed by atoms with Crippen molar-refractivity contribution in [1.29, 1.82) is 0 Å². The van der Waals surface area contributed by atoms with Gasteiger partial charge in [-0.3, -0.25) is 9.88 Å². The zero-order chi connectivity index (χ0) is 15.0. The highest BCUT2D eigenvalue weighted by molar-refractivity contribution is 5.30. The van der Waals surface area contributed by atoms with E-state index in [0.29, 0.717) is 6.04 Å². The van der Waals surface area contributed by atoms with Crippen LogP contribution in [-0.2, 0) is 6.54 Å². The van der Waals surface area contributed by atoms with Gasteiger partial charge < -0.3 is 10.2 Å². The Kier molecular flexibility index (Phi) is 7.47. The van der Waals surface area contributed by atoms with Crippen molar-refractivity contribution >= 4 is 5.82 Å². The second-order valence-electron chi connectivity index (χ2n) is 5.49. The quantitative estimate of drug-likeness (QED) is 0.749. The van der Waals surface area contributed by atoms with Crippen LogP contribution in [0.2, 0.25) is 0 Å². The van der Waals surface area contributed by atoms with Gasteiger partial charge in [0.25, 0.3) is 0 Å². The first-order valence-electron chi connectivity index (χ1n) is 7.50. The first kappa shape index (κ1) is 16.9. The SMILES string of the molecule is CCCNc1cnc(CN(CC)C(C)CN(C)C)cn1. The van der Waals surface area contributed by atoms with Crippen LogP contribution in [0, 0.1) is 0 Å². The summed E-state index contributed by atoms with van der Waals surface area (Å²) in [4.78, 5) is 13.6. The lowest BCUT2D eigenvalue weighted by atomic mass is 10.2. The lowest BCUT2D eigenvalue weighted by Crippen LogP contribution is -2.39. The Morgan fingerprint density at radius 2 is 1.95 bits per heavy atom. The number of aromatic nitrogens is 2. The van der Waals surface area contributed by atoms with Gasteiger partial charge >= 0.3 is 0 Å². The van der Waals surface area contributed by atoms with Gasteiger partial charge in [0.1, 0.15) is 5.82 Å². The maximum Gasteiger partial charge on any atom is 0.144 e. The first-order valence-corrected chi connectivity index (χ1v) is 7.50. The van der Waals surface area contributed by atoms with Gasteiger partial charge in [0.05, 0.1) is 18.1 Å². The van der Waals surface area contributed by atoms with E-state index in [-0.39, 0.29) is 0 Å². The summed E-state index contributed by atoms with van der Waals surface area (Å²) in [6.07, 6.45) is 4.80. The van der Waals surface area contributed by atoms with Crippen molar-refractivity contribution in [3.8, 4) is 0 Å². The van der Waals surface area contributed by atoms with E-state index < -0.39 is 0 Å². The Labute approximate surface area is 123 Å². The van der Waals surface area contributed by atoms with Crippen LogP contribution in [0.15, 0.2) is 12.4 Å². The fraction of sp³-hybridized carbons (Fsp3) is 0.733. The maximum absolute atomic E-state index is 4.50. The fourth-order valence-electron chi connectivity index (χ4n) is 2.21. The van der Waals surface area contributed by atoms with Gasteiger partial charge in [-0.05, 0) is 34.0 Å². The number of likely N-dealkylation sites (N-methyl/N-ethyl adjacent to an activating group) is 2. The minimum absolute atomic E-state index is 0.509. The number of nitrogens with one attached hydrogen (secondary N) is 1. The minimum atomic E-state index is 0.509. The number of rotatable bonds is 9. The Bertz CT molecular complexity index is 363. The molecule has 20 heavy (non-hydrogen) atoms. The summed E-state index contributed by atoms with van der Waals surface area (Å²) in [6, 6.07) is 0.509. The smallest absolute Gasteiger partial charge is 0.144 e. The molecule has 0 aromatic carbocycles. The van der Waals surface area contributed by atoms with Gasteiger partial charge in [-0.25, -0.2) is 4.98 Å². The molecule has 5 nitrogen and oxygen atoms in total. The second kappa shape index (κ2) is 8.87. The van der Waals surface area contributed by atoms with Gasteiger partial charge in [-0.15, -0.1) is 0 Å². The highest BCUT2D eigenvalue weighted by Crippen LogP contribution is 2.08. The van der Waals surface area contributed by atoms with Crippen molar-refractivity contribution in [3.05, 3.63) is 18.1 Å². The van der Waals surface area contributed by atoms with Crippen molar-refractivity contribution in [2.45, 2.75) is 39.8 Å². The summed E-state index contributed by atoms with van der Waals surface area (Å²) in [7, 11) is 4.22. The van der Waals surface area contributed by atoms with E-state index in [1.54, 1.807) is 0 Å². The van der Waals surface area contributed by atoms with Crippen molar-refractivity contribution in [2.75, 3.05) is 39.0 Å².